The highest BCUT2D eigenvalue weighted by atomic mass is 16.3. The molecule has 5 heteroatoms. The summed E-state index contributed by atoms with van der Waals surface area (Å²) in [5.41, 5.74) is 1.73. The molecule has 0 bridgehead atoms. The van der Waals surface area contributed by atoms with E-state index in [4.69, 9.17) is 4.42 Å². The molecule has 1 aromatic carbocycles. The summed E-state index contributed by atoms with van der Waals surface area (Å²) in [5.74, 6) is 1.98. The number of aryl methyl sites for hydroxylation is 2. The number of furan rings is 1. The molecule has 3 aromatic rings. The van der Waals surface area contributed by atoms with E-state index in [1.807, 2.05) is 55.7 Å². The normalized spacial score (nSPS) is 17.2. The van der Waals surface area contributed by atoms with Crippen LogP contribution in [-0.4, -0.2) is 32.9 Å². The quantitative estimate of drug-likeness (QED) is 0.669. The largest absolute Gasteiger partial charge is 0.464 e. The first kappa shape index (κ1) is 17.6. The highest BCUT2D eigenvalue weighted by Crippen LogP contribution is 2.25. The fourth-order valence-electron chi connectivity index (χ4n) is 3.88. The summed E-state index contributed by atoms with van der Waals surface area (Å²) in [5, 5.41) is 0. The Morgan fingerprint density at radius 2 is 2.07 bits per heavy atom. The summed E-state index contributed by atoms with van der Waals surface area (Å²) in [4.78, 5) is 19.5. The van der Waals surface area contributed by atoms with Gasteiger partial charge in [-0.3, -0.25) is 4.79 Å². The summed E-state index contributed by atoms with van der Waals surface area (Å²) in [6.45, 7) is 3.76. The molecule has 140 valence electrons. The molecule has 0 radical (unpaired) electrons. The number of amides is 1. The van der Waals surface area contributed by atoms with Gasteiger partial charge in [0.1, 0.15) is 11.6 Å². The van der Waals surface area contributed by atoms with Gasteiger partial charge in [0.25, 0.3) is 5.91 Å². The van der Waals surface area contributed by atoms with Crippen LogP contribution in [-0.2, 0) is 6.54 Å². The third-order valence-corrected chi connectivity index (χ3v) is 5.45. The predicted molar refractivity (Wildman–Crippen MR) is 104 cm³/mol. The molecule has 27 heavy (non-hydrogen) atoms. The lowest BCUT2D eigenvalue weighted by Gasteiger charge is -2.36. The van der Waals surface area contributed by atoms with Crippen LogP contribution in [0, 0.1) is 6.92 Å². The lowest BCUT2D eigenvalue weighted by Crippen LogP contribution is -2.44. The Kier molecular flexibility index (Phi) is 5.10. The number of carbonyl (C=O) groups is 1. The summed E-state index contributed by atoms with van der Waals surface area (Å²) in [6, 6.07) is 11.8. The van der Waals surface area contributed by atoms with Crippen molar-refractivity contribution in [3.05, 3.63) is 66.4 Å². The lowest BCUT2D eigenvalue weighted by molar-refractivity contribution is 0.0595. The van der Waals surface area contributed by atoms with E-state index >= 15 is 0 Å². The fraction of sp³-hybridized carbons (Fsp3) is 0.364. The maximum Gasteiger partial charge on any atom is 0.254 e. The van der Waals surface area contributed by atoms with Crippen molar-refractivity contribution in [3.8, 4) is 11.3 Å². The number of nitrogens with zero attached hydrogens (tertiary/aromatic N) is 3. The van der Waals surface area contributed by atoms with E-state index in [-0.39, 0.29) is 11.9 Å². The first-order chi connectivity index (χ1) is 13.2. The van der Waals surface area contributed by atoms with Gasteiger partial charge in [-0.2, -0.15) is 0 Å². The van der Waals surface area contributed by atoms with Crippen molar-refractivity contribution in [2.24, 2.45) is 0 Å². The maximum absolute atomic E-state index is 13.1. The molecule has 1 amide bonds. The van der Waals surface area contributed by atoms with Crippen LogP contribution in [0.3, 0.4) is 0 Å². The standard InChI is InChI=1S/C22H25N3O2/c1-17-23-12-15-24(17)14-11-20-5-2-3-13-25(20)22(26)19-9-7-18(8-10-19)21-6-4-16-27-21/h4,6-10,12,15-16,20H,2-3,5,11,13-14H2,1H3/t20-/m0/s1. The van der Waals surface area contributed by atoms with Gasteiger partial charge in [-0.1, -0.05) is 12.1 Å². The van der Waals surface area contributed by atoms with Crippen LogP contribution < -0.4 is 0 Å². The predicted octanol–water partition coefficient (Wildman–Crippen LogP) is 4.54. The van der Waals surface area contributed by atoms with E-state index in [0.29, 0.717) is 0 Å². The minimum absolute atomic E-state index is 0.132. The SMILES string of the molecule is Cc1nccn1CC[C@@H]1CCCCN1C(=O)c1ccc(-c2ccco2)cc1. The Hall–Kier alpha value is -2.82. The second-order valence-electron chi connectivity index (χ2n) is 7.16. The second kappa shape index (κ2) is 7.82. The van der Waals surface area contributed by atoms with Crippen molar-refractivity contribution in [1.82, 2.24) is 14.5 Å². The van der Waals surface area contributed by atoms with Crippen LogP contribution in [0.15, 0.2) is 59.5 Å². The molecule has 1 aliphatic heterocycles. The van der Waals surface area contributed by atoms with Gasteiger partial charge < -0.3 is 13.9 Å². The van der Waals surface area contributed by atoms with Gasteiger partial charge >= 0.3 is 0 Å². The molecule has 4 rings (SSSR count). The van der Waals surface area contributed by atoms with Crippen LogP contribution in [0.1, 0.15) is 41.9 Å². The summed E-state index contributed by atoms with van der Waals surface area (Å²) in [7, 11) is 0. The second-order valence-corrected chi connectivity index (χ2v) is 7.16. The number of benzene rings is 1. The Morgan fingerprint density at radius 3 is 2.78 bits per heavy atom. The van der Waals surface area contributed by atoms with Crippen LogP contribution >= 0.6 is 0 Å². The number of hydrogen-bond donors (Lipinski definition) is 0. The molecule has 1 atom stereocenters. The first-order valence-corrected chi connectivity index (χ1v) is 9.65. The first-order valence-electron chi connectivity index (χ1n) is 9.65. The summed E-state index contributed by atoms with van der Waals surface area (Å²) < 4.78 is 7.59. The number of rotatable bonds is 5. The van der Waals surface area contributed by atoms with Gasteiger partial charge in [-0.05, 0) is 56.9 Å². The highest BCUT2D eigenvalue weighted by Gasteiger charge is 2.27. The molecule has 0 saturated carbocycles. The Bertz CT molecular complexity index is 881. The summed E-state index contributed by atoms with van der Waals surface area (Å²) in [6.07, 6.45) is 9.81. The van der Waals surface area contributed by atoms with Crippen LogP contribution in [0.25, 0.3) is 11.3 Å². The maximum atomic E-state index is 13.1. The molecule has 0 unspecified atom stereocenters. The molecule has 1 aliphatic rings. The molecule has 2 aromatic heterocycles. The average molecular weight is 363 g/mol. The van der Waals surface area contributed by atoms with Crippen molar-refractivity contribution in [2.45, 2.75) is 45.2 Å². The van der Waals surface area contributed by atoms with Crippen LogP contribution in [0.4, 0.5) is 0 Å². The van der Waals surface area contributed by atoms with Crippen LogP contribution in [0.5, 0.6) is 0 Å². The molecular weight excluding hydrogens is 338 g/mol. The summed E-state index contributed by atoms with van der Waals surface area (Å²) >= 11 is 0. The van der Waals surface area contributed by atoms with E-state index in [2.05, 4.69) is 14.5 Å². The van der Waals surface area contributed by atoms with Crippen molar-refractivity contribution in [3.63, 3.8) is 0 Å². The number of imidazole rings is 1. The van der Waals surface area contributed by atoms with E-state index in [9.17, 15) is 4.79 Å². The lowest BCUT2D eigenvalue weighted by atomic mass is 9.97. The Morgan fingerprint density at radius 1 is 1.22 bits per heavy atom. The zero-order valence-electron chi connectivity index (χ0n) is 15.7. The van der Waals surface area contributed by atoms with Gasteiger partial charge in [-0.15, -0.1) is 0 Å². The average Bonchev–Trinajstić information content (AvgIpc) is 3.38. The molecule has 1 saturated heterocycles. The molecule has 0 spiro atoms. The molecule has 0 aliphatic carbocycles. The van der Waals surface area contributed by atoms with E-state index in [1.165, 1.54) is 6.42 Å². The number of hydrogen-bond acceptors (Lipinski definition) is 3. The van der Waals surface area contributed by atoms with Crippen molar-refractivity contribution >= 4 is 5.91 Å². The smallest absolute Gasteiger partial charge is 0.254 e. The molecule has 5 nitrogen and oxygen atoms in total. The molecular formula is C22H25N3O2. The van der Waals surface area contributed by atoms with Gasteiger partial charge in [0, 0.05) is 42.7 Å². The topological polar surface area (TPSA) is 51.3 Å². The van der Waals surface area contributed by atoms with Gasteiger partial charge in [0.15, 0.2) is 0 Å². The van der Waals surface area contributed by atoms with E-state index < -0.39 is 0 Å². The van der Waals surface area contributed by atoms with Gasteiger partial charge in [0.05, 0.1) is 6.26 Å². The Labute approximate surface area is 159 Å². The van der Waals surface area contributed by atoms with Crippen molar-refractivity contribution < 1.29 is 9.21 Å². The van der Waals surface area contributed by atoms with E-state index in [1.54, 1.807) is 6.26 Å². The minimum atomic E-state index is 0.132. The monoisotopic (exact) mass is 363 g/mol. The molecule has 0 N–H and O–H groups in total. The molecule has 3 heterocycles. The number of piperidine rings is 1. The van der Waals surface area contributed by atoms with Crippen LogP contribution in [0.2, 0.25) is 0 Å². The van der Waals surface area contributed by atoms with Gasteiger partial charge in [0.2, 0.25) is 0 Å². The zero-order chi connectivity index (χ0) is 18.6. The number of carbonyl (C=O) groups excluding carboxylic acids is 1. The van der Waals surface area contributed by atoms with E-state index in [0.717, 1.165) is 55.1 Å². The third kappa shape index (κ3) is 3.82. The van der Waals surface area contributed by atoms with Crippen molar-refractivity contribution in [1.29, 1.82) is 0 Å². The Balaban J connectivity index is 1.46. The third-order valence-electron chi connectivity index (χ3n) is 5.45. The van der Waals surface area contributed by atoms with Gasteiger partial charge in [-0.25, -0.2) is 4.98 Å². The molecule has 1 fully saturated rings. The fourth-order valence-corrected chi connectivity index (χ4v) is 3.88. The highest BCUT2D eigenvalue weighted by molar-refractivity contribution is 5.95. The minimum Gasteiger partial charge on any atom is -0.464 e. The number of aromatic nitrogens is 2. The zero-order valence-corrected chi connectivity index (χ0v) is 15.7. The van der Waals surface area contributed by atoms with Crippen molar-refractivity contribution in [2.75, 3.05) is 6.54 Å². The number of likely N-dealkylation sites (tertiary alicyclic amines) is 1.